The van der Waals surface area contributed by atoms with Crippen LogP contribution in [-0.4, -0.2) is 33.6 Å². The number of urea groups is 1. The number of ether oxygens (including phenoxy) is 1. The summed E-state index contributed by atoms with van der Waals surface area (Å²) in [7, 11) is 1.61. The first-order valence-corrected chi connectivity index (χ1v) is 12.0. The van der Waals surface area contributed by atoms with Crippen molar-refractivity contribution >= 4 is 22.7 Å². The lowest BCUT2D eigenvalue weighted by Gasteiger charge is -2.19. The average Bonchev–Trinajstić information content (AvgIpc) is 3.59. The van der Waals surface area contributed by atoms with Crippen molar-refractivity contribution in [2.75, 3.05) is 7.11 Å². The molecule has 0 radical (unpaired) electrons. The summed E-state index contributed by atoms with van der Waals surface area (Å²) in [5.41, 5.74) is 9.52. The highest BCUT2D eigenvalue weighted by Gasteiger charge is 2.36. The number of carbonyl (C=O) groups is 1. The smallest absolute Gasteiger partial charge is 0.345 e. The molecule has 3 heterocycles. The zero-order chi connectivity index (χ0) is 26.2. The third kappa shape index (κ3) is 4.09. The van der Waals surface area contributed by atoms with E-state index in [0.29, 0.717) is 28.3 Å². The standard InChI is InChI=1S/C29H23N5O4/c1-37-21-13-11-18(12-14-21)27-23(17-33(32-27)20-8-3-2-4-9-20)25-16-24(31-34(25)29(30)36)22-15-19-7-5-6-10-26(19)38-28(22)35/h2-15,17,25H,16H2,1H3,(H2,30,36). The van der Waals surface area contributed by atoms with Gasteiger partial charge in [-0.25, -0.2) is 19.3 Å². The maximum absolute atomic E-state index is 12.9. The number of carbonyl (C=O) groups excluding carboxylic acids is 1. The largest absolute Gasteiger partial charge is 0.497 e. The molecule has 0 bridgehead atoms. The highest BCUT2D eigenvalue weighted by atomic mass is 16.5. The van der Waals surface area contributed by atoms with Crippen molar-refractivity contribution in [1.29, 1.82) is 0 Å². The normalized spacial score (nSPS) is 15.0. The Kier molecular flexibility index (Phi) is 5.72. The minimum Gasteiger partial charge on any atom is -0.497 e. The Labute approximate surface area is 217 Å². The summed E-state index contributed by atoms with van der Waals surface area (Å²) in [5.74, 6) is 0.714. The number of hydrogen-bond acceptors (Lipinski definition) is 6. The Morgan fingerprint density at radius 3 is 2.50 bits per heavy atom. The SMILES string of the molecule is COc1ccc(-c2nn(-c3ccccc3)cc2C2CC(c3cc4ccccc4oc3=O)=NN2C(N)=O)cc1. The predicted molar refractivity (Wildman–Crippen MR) is 143 cm³/mol. The van der Waals surface area contributed by atoms with Crippen LogP contribution in [0.3, 0.4) is 0 Å². The summed E-state index contributed by atoms with van der Waals surface area (Å²) < 4.78 is 12.6. The Hall–Kier alpha value is -5.18. The summed E-state index contributed by atoms with van der Waals surface area (Å²) in [5, 5.41) is 11.3. The number of benzene rings is 3. The van der Waals surface area contributed by atoms with E-state index in [-0.39, 0.29) is 6.42 Å². The summed E-state index contributed by atoms with van der Waals surface area (Å²) in [6, 6.07) is 24.8. The Morgan fingerprint density at radius 2 is 1.76 bits per heavy atom. The van der Waals surface area contributed by atoms with Crippen molar-refractivity contribution < 1.29 is 13.9 Å². The van der Waals surface area contributed by atoms with Gasteiger partial charge in [-0.3, -0.25) is 0 Å². The number of rotatable bonds is 5. The fraction of sp³-hybridized carbons (Fsp3) is 0.103. The number of fused-ring (bicyclic) bond motifs is 1. The fourth-order valence-corrected chi connectivity index (χ4v) is 4.70. The van der Waals surface area contributed by atoms with Crippen LogP contribution in [0.5, 0.6) is 5.75 Å². The van der Waals surface area contributed by atoms with Crippen molar-refractivity contribution in [2.24, 2.45) is 10.8 Å². The molecule has 0 saturated carbocycles. The molecular weight excluding hydrogens is 482 g/mol. The molecule has 0 fully saturated rings. The quantitative estimate of drug-likeness (QED) is 0.342. The number of hydrazone groups is 1. The van der Waals surface area contributed by atoms with Crippen molar-refractivity contribution in [2.45, 2.75) is 12.5 Å². The first-order valence-electron chi connectivity index (χ1n) is 12.0. The summed E-state index contributed by atoms with van der Waals surface area (Å²) in [4.78, 5) is 25.4. The first kappa shape index (κ1) is 23.2. The Balaban J connectivity index is 1.46. The van der Waals surface area contributed by atoms with Crippen LogP contribution in [0.2, 0.25) is 0 Å². The zero-order valence-electron chi connectivity index (χ0n) is 20.4. The number of para-hydroxylation sites is 2. The van der Waals surface area contributed by atoms with E-state index in [1.807, 2.05) is 72.9 Å². The summed E-state index contributed by atoms with van der Waals surface area (Å²) in [6.07, 6.45) is 2.13. The van der Waals surface area contributed by atoms with Crippen LogP contribution < -0.4 is 16.1 Å². The number of aromatic nitrogens is 2. The molecule has 0 aliphatic carbocycles. The number of primary amides is 1. The lowest BCUT2D eigenvalue weighted by Crippen LogP contribution is -2.32. The van der Waals surface area contributed by atoms with E-state index in [0.717, 1.165) is 22.2 Å². The number of nitrogens with two attached hydrogens (primary N) is 1. The van der Waals surface area contributed by atoms with Gasteiger partial charge < -0.3 is 14.9 Å². The second-order valence-electron chi connectivity index (χ2n) is 8.88. The summed E-state index contributed by atoms with van der Waals surface area (Å²) in [6.45, 7) is 0. The molecule has 0 saturated heterocycles. The molecule has 1 aliphatic rings. The van der Waals surface area contributed by atoms with Gasteiger partial charge in [0, 0.05) is 29.1 Å². The van der Waals surface area contributed by atoms with Gasteiger partial charge in [-0.1, -0.05) is 36.4 Å². The molecule has 1 unspecified atom stereocenters. The van der Waals surface area contributed by atoms with E-state index in [1.165, 1.54) is 5.01 Å². The van der Waals surface area contributed by atoms with Gasteiger partial charge in [0.15, 0.2) is 0 Å². The number of amides is 2. The molecule has 0 spiro atoms. The molecular formula is C29H23N5O4. The Bertz CT molecular complexity index is 1740. The lowest BCUT2D eigenvalue weighted by atomic mass is 9.96. The van der Waals surface area contributed by atoms with Crippen LogP contribution in [0.4, 0.5) is 4.79 Å². The van der Waals surface area contributed by atoms with Gasteiger partial charge in [-0.2, -0.15) is 10.2 Å². The maximum Gasteiger partial charge on any atom is 0.345 e. The number of nitrogens with zero attached hydrogens (tertiary/aromatic N) is 4. The van der Waals surface area contributed by atoms with Gasteiger partial charge in [0.2, 0.25) is 0 Å². The van der Waals surface area contributed by atoms with Gasteiger partial charge >= 0.3 is 11.7 Å². The number of methoxy groups -OCH3 is 1. The lowest BCUT2D eigenvalue weighted by molar-refractivity contribution is 0.196. The van der Waals surface area contributed by atoms with Crippen LogP contribution in [0, 0.1) is 0 Å². The van der Waals surface area contributed by atoms with E-state index in [1.54, 1.807) is 30.0 Å². The van der Waals surface area contributed by atoms with Crippen molar-refractivity contribution in [3.05, 3.63) is 113 Å². The highest BCUT2D eigenvalue weighted by Crippen LogP contribution is 2.38. The fourth-order valence-electron chi connectivity index (χ4n) is 4.70. The van der Waals surface area contributed by atoms with Crippen molar-refractivity contribution in [3.8, 4) is 22.7 Å². The van der Waals surface area contributed by atoms with Crippen LogP contribution in [0.25, 0.3) is 27.9 Å². The van der Waals surface area contributed by atoms with E-state index >= 15 is 0 Å². The van der Waals surface area contributed by atoms with Gasteiger partial charge in [-0.15, -0.1) is 0 Å². The monoisotopic (exact) mass is 505 g/mol. The molecule has 2 amide bonds. The van der Waals surface area contributed by atoms with Crippen LogP contribution in [-0.2, 0) is 0 Å². The molecule has 188 valence electrons. The molecule has 3 aromatic carbocycles. The van der Waals surface area contributed by atoms with E-state index in [4.69, 9.17) is 20.0 Å². The molecule has 5 aromatic rings. The van der Waals surface area contributed by atoms with Crippen molar-refractivity contribution in [3.63, 3.8) is 0 Å². The van der Waals surface area contributed by atoms with E-state index in [9.17, 15) is 9.59 Å². The van der Waals surface area contributed by atoms with Gasteiger partial charge in [-0.05, 0) is 48.5 Å². The molecule has 1 aliphatic heterocycles. The second-order valence-corrected chi connectivity index (χ2v) is 8.88. The van der Waals surface area contributed by atoms with E-state index in [2.05, 4.69) is 5.10 Å². The van der Waals surface area contributed by atoms with Gasteiger partial charge in [0.1, 0.15) is 11.3 Å². The predicted octanol–water partition coefficient (Wildman–Crippen LogP) is 4.88. The average molecular weight is 506 g/mol. The summed E-state index contributed by atoms with van der Waals surface area (Å²) >= 11 is 0. The molecule has 6 rings (SSSR count). The number of hydrogen-bond donors (Lipinski definition) is 1. The minimum atomic E-state index is -0.733. The first-order chi connectivity index (χ1) is 18.5. The molecule has 9 nitrogen and oxygen atoms in total. The minimum absolute atomic E-state index is 0.260. The van der Waals surface area contributed by atoms with Crippen LogP contribution in [0.1, 0.15) is 23.6 Å². The molecule has 38 heavy (non-hydrogen) atoms. The van der Waals surface area contributed by atoms with Crippen molar-refractivity contribution in [1.82, 2.24) is 14.8 Å². The zero-order valence-corrected chi connectivity index (χ0v) is 20.4. The Morgan fingerprint density at radius 1 is 1.03 bits per heavy atom. The molecule has 1 atom stereocenters. The second kappa shape index (κ2) is 9.36. The van der Waals surface area contributed by atoms with Gasteiger partial charge in [0.05, 0.1) is 35.8 Å². The van der Waals surface area contributed by atoms with Gasteiger partial charge in [0.25, 0.3) is 0 Å². The molecule has 9 heteroatoms. The third-order valence-electron chi connectivity index (χ3n) is 6.57. The third-order valence-corrected chi connectivity index (χ3v) is 6.57. The maximum atomic E-state index is 12.9. The highest BCUT2D eigenvalue weighted by molar-refractivity contribution is 6.04. The molecule has 2 aromatic heterocycles. The van der Waals surface area contributed by atoms with Crippen LogP contribution in [0.15, 0.2) is 105 Å². The topological polar surface area (TPSA) is 116 Å². The van der Waals surface area contributed by atoms with Crippen LogP contribution >= 0.6 is 0 Å². The molecule has 2 N–H and O–H groups in total. The van der Waals surface area contributed by atoms with E-state index < -0.39 is 17.7 Å².